The molecule has 0 spiro atoms. The number of methoxy groups -OCH3 is 2. The van der Waals surface area contributed by atoms with E-state index in [0.717, 1.165) is 16.2 Å². The summed E-state index contributed by atoms with van der Waals surface area (Å²) in [5.74, 6) is -5.10. The number of carbonyl (C=O) groups excluding carboxylic acids is 2. The molecule has 2 heterocycles. The molecule has 0 N–H and O–H groups in total. The van der Waals surface area contributed by atoms with Crippen molar-refractivity contribution in [2.24, 2.45) is 11.8 Å². The minimum absolute atomic E-state index is 0.0575. The molecule has 1 aromatic rings. The minimum atomic E-state index is -1.77. The van der Waals surface area contributed by atoms with E-state index in [-0.39, 0.29) is 15.2 Å². The fraction of sp³-hybridized carbons (Fsp3) is 0.500. The zero-order chi connectivity index (χ0) is 18.4. The van der Waals surface area contributed by atoms with Gasteiger partial charge in [-0.05, 0) is 0 Å². The Labute approximate surface area is 166 Å². The van der Waals surface area contributed by atoms with Crippen LogP contribution in [0.4, 0.5) is 5.13 Å². The number of imide groups is 1. The van der Waals surface area contributed by atoms with Crippen LogP contribution in [0.5, 0.6) is 0 Å². The molecular formula is C14H10Cl4N2O4S. The molecule has 25 heavy (non-hydrogen) atoms. The van der Waals surface area contributed by atoms with Crippen LogP contribution in [0.25, 0.3) is 0 Å². The van der Waals surface area contributed by atoms with E-state index in [2.05, 4.69) is 4.98 Å². The van der Waals surface area contributed by atoms with Gasteiger partial charge in [0.25, 0.3) is 0 Å². The van der Waals surface area contributed by atoms with E-state index in [0.29, 0.717) is 0 Å². The normalized spacial score (nSPS) is 38.9. The number of fused-ring (bicyclic) bond motifs is 5. The summed E-state index contributed by atoms with van der Waals surface area (Å²) in [4.78, 5) is 27.7. The Morgan fingerprint density at radius 3 is 1.92 bits per heavy atom. The highest BCUT2D eigenvalue weighted by Gasteiger charge is 2.89. The van der Waals surface area contributed by atoms with Crippen molar-refractivity contribution in [1.82, 2.24) is 4.98 Å². The van der Waals surface area contributed by atoms with Crippen molar-refractivity contribution < 1.29 is 19.1 Å². The second-order valence-corrected chi connectivity index (χ2v) is 8.68. The summed E-state index contributed by atoms with van der Waals surface area (Å²) in [5, 5.41) is 1.77. The lowest BCUT2D eigenvalue weighted by Crippen LogP contribution is -2.60. The second-order valence-electron chi connectivity index (χ2n) is 5.86. The van der Waals surface area contributed by atoms with E-state index in [1.807, 2.05) is 0 Å². The number of aromatic nitrogens is 1. The van der Waals surface area contributed by atoms with Gasteiger partial charge in [-0.2, -0.15) is 0 Å². The monoisotopic (exact) mass is 442 g/mol. The molecule has 2 bridgehead atoms. The van der Waals surface area contributed by atoms with Crippen molar-refractivity contribution >= 4 is 74.7 Å². The van der Waals surface area contributed by atoms with E-state index < -0.39 is 39.2 Å². The van der Waals surface area contributed by atoms with Crippen molar-refractivity contribution in [3.8, 4) is 0 Å². The molecular weight excluding hydrogens is 434 g/mol. The Kier molecular flexibility index (Phi) is 3.82. The van der Waals surface area contributed by atoms with Gasteiger partial charge in [-0.25, -0.2) is 9.88 Å². The van der Waals surface area contributed by atoms with Crippen molar-refractivity contribution in [2.45, 2.75) is 15.5 Å². The van der Waals surface area contributed by atoms with Crippen molar-refractivity contribution in [2.75, 3.05) is 19.1 Å². The zero-order valence-corrected chi connectivity index (χ0v) is 16.6. The van der Waals surface area contributed by atoms with Crippen LogP contribution in [-0.2, 0) is 19.1 Å². The number of hydrogen-bond acceptors (Lipinski definition) is 6. The Bertz CT molecular complexity index is 781. The Hall–Kier alpha value is -0.410. The lowest BCUT2D eigenvalue weighted by atomic mass is 9.84. The Balaban J connectivity index is 1.97. The van der Waals surface area contributed by atoms with Gasteiger partial charge in [0.2, 0.25) is 17.6 Å². The molecule has 3 aliphatic rings. The first-order valence-electron chi connectivity index (χ1n) is 7.05. The zero-order valence-electron chi connectivity index (χ0n) is 12.8. The van der Waals surface area contributed by atoms with Crippen LogP contribution in [0.3, 0.4) is 0 Å². The van der Waals surface area contributed by atoms with Crippen LogP contribution in [0.15, 0.2) is 21.6 Å². The quantitative estimate of drug-likeness (QED) is 0.408. The smallest absolute Gasteiger partial charge is 0.242 e. The van der Waals surface area contributed by atoms with Gasteiger partial charge in [0.1, 0.15) is 9.75 Å². The minimum Gasteiger partial charge on any atom is -0.350 e. The second kappa shape index (κ2) is 5.32. The highest BCUT2D eigenvalue weighted by molar-refractivity contribution is 7.14. The fourth-order valence-corrected chi connectivity index (χ4v) is 7.03. The number of thiazole rings is 1. The highest BCUT2D eigenvalue weighted by Crippen LogP contribution is 2.75. The maximum atomic E-state index is 13.1. The summed E-state index contributed by atoms with van der Waals surface area (Å²) in [7, 11) is 2.62. The number of anilines is 1. The molecule has 0 radical (unpaired) electrons. The maximum Gasteiger partial charge on any atom is 0.242 e. The number of hydrogen-bond donors (Lipinski definition) is 0. The predicted octanol–water partition coefficient (Wildman–Crippen LogP) is 2.91. The van der Waals surface area contributed by atoms with Crippen molar-refractivity contribution in [3.63, 3.8) is 0 Å². The SMILES string of the molecule is COC1(OC)[C@@]2(Cl)C(Cl)=C(Cl)[C@@]1(Cl)[C@H]1C(=O)N(c3nccs3)C(=O)[C@@H]12. The predicted molar refractivity (Wildman–Crippen MR) is 94.2 cm³/mol. The molecule has 4 atom stereocenters. The van der Waals surface area contributed by atoms with E-state index in [4.69, 9.17) is 55.9 Å². The lowest BCUT2D eigenvalue weighted by molar-refractivity contribution is -0.221. The molecule has 4 rings (SSSR count). The van der Waals surface area contributed by atoms with Crippen LogP contribution in [0, 0.1) is 11.8 Å². The van der Waals surface area contributed by atoms with Gasteiger partial charge >= 0.3 is 0 Å². The van der Waals surface area contributed by atoms with E-state index in [9.17, 15) is 9.59 Å². The molecule has 6 nitrogen and oxygen atoms in total. The Morgan fingerprint density at radius 2 is 1.56 bits per heavy atom. The molecule has 1 saturated carbocycles. The van der Waals surface area contributed by atoms with Gasteiger partial charge in [-0.15, -0.1) is 34.5 Å². The van der Waals surface area contributed by atoms with E-state index in [1.165, 1.54) is 20.4 Å². The fourth-order valence-electron chi connectivity index (χ4n) is 4.22. The van der Waals surface area contributed by atoms with E-state index >= 15 is 0 Å². The van der Waals surface area contributed by atoms with Crippen LogP contribution < -0.4 is 4.90 Å². The summed E-state index contributed by atoms with van der Waals surface area (Å²) >= 11 is 27.5. The standard InChI is InChI=1S/C14H10Cl4N2O4S/c1-23-14(24-2)12(17)5-6(13(14,18)8(16)7(12)15)10(22)20(9(5)21)11-19-3-4-25-11/h3-6H,1-2H3/t5-,6-,12+,13+/m1/s1. The first kappa shape index (κ1) is 18.0. The molecule has 0 unspecified atom stereocenters. The number of halogens is 4. The number of amides is 2. The molecule has 11 heteroatoms. The van der Waals surface area contributed by atoms with Gasteiger partial charge in [0.05, 0.1) is 21.9 Å². The molecule has 2 amide bonds. The van der Waals surface area contributed by atoms with Crippen LogP contribution in [0.1, 0.15) is 0 Å². The van der Waals surface area contributed by atoms with Gasteiger partial charge in [0, 0.05) is 25.8 Å². The first-order valence-corrected chi connectivity index (χ1v) is 9.44. The summed E-state index contributed by atoms with van der Waals surface area (Å²) in [6.45, 7) is 0. The largest absolute Gasteiger partial charge is 0.350 e. The summed E-state index contributed by atoms with van der Waals surface area (Å²) in [6.07, 6.45) is 1.49. The molecule has 1 saturated heterocycles. The van der Waals surface area contributed by atoms with Crippen LogP contribution in [0.2, 0.25) is 0 Å². The molecule has 2 fully saturated rings. The van der Waals surface area contributed by atoms with Crippen molar-refractivity contribution in [1.29, 1.82) is 0 Å². The Morgan fingerprint density at radius 1 is 1.08 bits per heavy atom. The molecule has 1 aromatic heterocycles. The third-order valence-corrected chi connectivity index (χ3v) is 8.51. The third-order valence-electron chi connectivity index (χ3n) is 5.14. The van der Waals surface area contributed by atoms with Gasteiger partial charge in [-0.1, -0.05) is 23.2 Å². The maximum absolute atomic E-state index is 13.1. The van der Waals surface area contributed by atoms with Gasteiger partial charge in [0.15, 0.2) is 5.13 Å². The molecule has 2 aliphatic carbocycles. The topological polar surface area (TPSA) is 68.7 Å². The number of ether oxygens (including phenoxy) is 2. The summed E-state index contributed by atoms with van der Waals surface area (Å²) < 4.78 is 11.0. The average Bonchev–Trinajstić information content (AvgIpc) is 3.25. The van der Waals surface area contributed by atoms with E-state index in [1.54, 1.807) is 5.38 Å². The first-order chi connectivity index (χ1) is 11.7. The molecule has 0 aromatic carbocycles. The summed E-state index contributed by atoms with van der Waals surface area (Å²) in [5.41, 5.74) is 0. The average molecular weight is 444 g/mol. The van der Waals surface area contributed by atoms with Crippen LogP contribution >= 0.6 is 57.7 Å². The summed E-state index contributed by atoms with van der Waals surface area (Å²) in [6, 6.07) is 0. The van der Waals surface area contributed by atoms with Crippen molar-refractivity contribution in [3.05, 3.63) is 21.6 Å². The molecule has 134 valence electrons. The number of nitrogens with zero attached hydrogens (tertiary/aromatic N) is 2. The highest BCUT2D eigenvalue weighted by atomic mass is 35.5. The van der Waals surface area contributed by atoms with Gasteiger partial charge < -0.3 is 9.47 Å². The third kappa shape index (κ3) is 1.61. The number of alkyl halides is 2. The number of carbonyl (C=O) groups is 2. The lowest BCUT2D eigenvalue weighted by Gasteiger charge is -2.42. The number of rotatable bonds is 3. The van der Waals surface area contributed by atoms with Crippen LogP contribution in [-0.4, -0.2) is 46.6 Å². The van der Waals surface area contributed by atoms with Gasteiger partial charge in [-0.3, -0.25) is 9.59 Å². The molecule has 1 aliphatic heterocycles.